The lowest BCUT2D eigenvalue weighted by Crippen LogP contribution is -2.61. The van der Waals surface area contributed by atoms with Crippen molar-refractivity contribution in [1.29, 1.82) is 0 Å². The SMILES string of the molecule is CN(C(=O)C(C)(C)NC(=O)OCC1c2ccccc2-c2ccccc21)C(C)(C)C(=O)O. The van der Waals surface area contributed by atoms with Crippen LogP contribution in [0.15, 0.2) is 48.5 Å². The van der Waals surface area contributed by atoms with Crippen molar-refractivity contribution in [1.82, 2.24) is 10.2 Å². The van der Waals surface area contributed by atoms with E-state index < -0.39 is 29.0 Å². The number of rotatable bonds is 6. The summed E-state index contributed by atoms with van der Waals surface area (Å²) in [5, 5.41) is 11.9. The van der Waals surface area contributed by atoms with Crippen LogP contribution in [0.3, 0.4) is 0 Å². The van der Waals surface area contributed by atoms with Gasteiger partial charge in [0.2, 0.25) is 5.91 Å². The quantitative estimate of drug-likeness (QED) is 0.738. The molecule has 0 radical (unpaired) electrons. The number of nitrogens with one attached hydrogen (secondary N) is 1. The van der Waals surface area contributed by atoms with Gasteiger partial charge in [0.25, 0.3) is 0 Å². The van der Waals surface area contributed by atoms with E-state index in [1.165, 1.54) is 34.7 Å². The number of likely N-dealkylation sites (N-methyl/N-ethyl adjacent to an activating group) is 1. The Morgan fingerprint density at radius 2 is 1.45 bits per heavy atom. The first-order valence-electron chi connectivity index (χ1n) is 10.1. The van der Waals surface area contributed by atoms with Crippen LogP contribution in [0.5, 0.6) is 0 Å². The zero-order chi connectivity index (χ0) is 23.0. The Labute approximate surface area is 182 Å². The molecule has 164 valence electrons. The third-order valence-corrected chi connectivity index (χ3v) is 5.96. The topological polar surface area (TPSA) is 95.9 Å². The van der Waals surface area contributed by atoms with Gasteiger partial charge in [-0.25, -0.2) is 9.59 Å². The molecule has 7 nitrogen and oxygen atoms in total. The van der Waals surface area contributed by atoms with E-state index >= 15 is 0 Å². The molecular formula is C24H28N2O5. The second kappa shape index (κ2) is 8.06. The van der Waals surface area contributed by atoms with E-state index in [0.29, 0.717) is 0 Å². The van der Waals surface area contributed by atoms with Gasteiger partial charge < -0.3 is 20.1 Å². The normalized spacial score (nSPS) is 13.2. The summed E-state index contributed by atoms with van der Waals surface area (Å²) in [5.41, 5.74) is 1.67. The van der Waals surface area contributed by atoms with Crippen LogP contribution in [0.25, 0.3) is 11.1 Å². The summed E-state index contributed by atoms with van der Waals surface area (Å²) in [6.45, 7) is 6.02. The molecule has 0 heterocycles. The molecule has 0 spiro atoms. The van der Waals surface area contributed by atoms with Gasteiger partial charge >= 0.3 is 12.1 Å². The first-order valence-corrected chi connectivity index (χ1v) is 10.1. The molecule has 2 amide bonds. The lowest BCUT2D eigenvalue weighted by molar-refractivity contribution is -0.157. The van der Waals surface area contributed by atoms with Crippen LogP contribution in [0.2, 0.25) is 0 Å². The molecule has 0 saturated carbocycles. The van der Waals surface area contributed by atoms with E-state index in [4.69, 9.17) is 4.74 Å². The predicted octanol–water partition coefficient (Wildman–Crippen LogP) is 3.63. The van der Waals surface area contributed by atoms with Gasteiger partial charge in [-0.05, 0) is 49.9 Å². The highest BCUT2D eigenvalue weighted by Crippen LogP contribution is 2.44. The highest BCUT2D eigenvalue weighted by Gasteiger charge is 2.42. The van der Waals surface area contributed by atoms with E-state index in [2.05, 4.69) is 17.4 Å². The molecule has 1 aliphatic rings. The number of carboxylic acids is 1. The number of carbonyl (C=O) groups excluding carboxylic acids is 2. The summed E-state index contributed by atoms with van der Waals surface area (Å²) in [5.74, 6) is -1.76. The van der Waals surface area contributed by atoms with Crippen LogP contribution in [0, 0.1) is 0 Å². The number of carboxylic acid groups (broad SMARTS) is 1. The van der Waals surface area contributed by atoms with E-state index in [0.717, 1.165) is 27.2 Å². The molecule has 31 heavy (non-hydrogen) atoms. The minimum Gasteiger partial charge on any atom is -0.480 e. The molecule has 0 aliphatic heterocycles. The molecule has 2 N–H and O–H groups in total. The van der Waals surface area contributed by atoms with Crippen molar-refractivity contribution in [2.75, 3.05) is 13.7 Å². The monoisotopic (exact) mass is 424 g/mol. The fourth-order valence-corrected chi connectivity index (χ4v) is 3.76. The number of benzene rings is 2. The number of alkyl carbamates (subject to hydrolysis) is 1. The van der Waals surface area contributed by atoms with Crippen molar-refractivity contribution in [3.05, 3.63) is 59.7 Å². The average Bonchev–Trinajstić information content (AvgIpc) is 3.04. The van der Waals surface area contributed by atoms with Crippen molar-refractivity contribution in [2.24, 2.45) is 0 Å². The van der Waals surface area contributed by atoms with Crippen LogP contribution in [-0.2, 0) is 14.3 Å². The molecule has 7 heteroatoms. The Kier molecular flexibility index (Phi) is 5.81. The number of fused-ring (bicyclic) bond motifs is 3. The molecule has 0 saturated heterocycles. The third kappa shape index (κ3) is 4.13. The molecule has 0 bridgehead atoms. The van der Waals surface area contributed by atoms with Crippen LogP contribution >= 0.6 is 0 Å². The maximum atomic E-state index is 12.8. The second-order valence-electron chi connectivity index (χ2n) is 8.80. The Balaban J connectivity index is 1.69. The minimum absolute atomic E-state index is 0.0921. The van der Waals surface area contributed by atoms with Gasteiger partial charge in [-0.2, -0.15) is 0 Å². The fourth-order valence-electron chi connectivity index (χ4n) is 3.76. The standard InChI is InChI=1S/C24H28N2O5/c1-23(2,20(27)26(5)24(3,4)21(28)29)25-22(30)31-14-19-17-12-8-6-10-15(17)16-11-7-9-13-18(16)19/h6-13,19H,14H2,1-5H3,(H,25,30)(H,28,29). The lowest BCUT2D eigenvalue weighted by atomic mass is 9.97. The Morgan fingerprint density at radius 1 is 0.968 bits per heavy atom. The number of ether oxygens (including phenoxy) is 1. The predicted molar refractivity (Wildman–Crippen MR) is 117 cm³/mol. The van der Waals surface area contributed by atoms with E-state index in [9.17, 15) is 19.5 Å². The lowest BCUT2D eigenvalue weighted by Gasteiger charge is -2.37. The van der Waals surface area contributed by atoms with Crippen molar-refractivity contribution in [3.8, 4) is 11.1 Å². The first-order chi connectivity index (χ1) is 14.5. The molecule has 1 aliphatic carbocycles. The van der Waals surface area contributed by atoms with Crippen molar-refractivity contribution < 1.29 is 24.2 Å². The van der Waals surface area contributed by atoms with Crippen LogP contribution in [0.4, 0.5) is 4.79 Å². The van der Waals surface area contributed by atoms with Gasteiger partial charge in [0.15, 0.2) is 0 Å². The number of amides is 2. The van der Waals surface area contributed by atoms with Crippen molar-refractivity contribution in [3.63, 3.8) is 0 Å². The Hall–Kier alpha value is -3.35. The maximum Gasteiger partial charge on any atom is 0.408 e. The average molecular weight is 424 g/mol. The summed E-state index contributed by atoms with van der Waals surface area (Å²) >= 11 is 0. The van der Waals surface area contributed by atoms with Crippen LogP contribution in [-0.4, -0.2) is 52.7 Å². The summed E-state index contributed by atoms with van der Waals surface area (Å²) in [7, 11) is 1.40. The zero-order valence-corrected chi connectivity index (χ0v) is 18.4. The molecule has 0 atom stereocenters. The van der Waals surface area contributed by atoms with E-state index in [1.807, 2.05) is 36.4 Å². The number of hydrogen-bond acceptors (Lipinski definition) is 4. The fraction of sp³-hybridized carbons (Fsp3) is 0.375. The summed E-state index contributed by atoms with van der Waals surface area (Å²) in [6.07, 6.45) is -0.734. The number of aliphatic carboxylic acids is 1. The first kappa shape index (κ1) is 22.3. The van der Waals surface area contributed by atoms with E-state index in [-0.39, 0.29) is 12.5 Å². The highest BCUT2D eigenvalue weighted by atomic mass is 16.5. The van der Waals surface area contributed by atoms with Gasteiger partial charge in [-0.1, -0.05) is 48.5 Å². The zero-order valence-electron chi connectivity index (χ0n) is 18.4. The molecular weight excluding hydrogens is 396 g/mol. The number of nitrogens with zero attached hydrogens (tertiary/aromatic N) is 1. The molecule has 0 aromatic heterocycles. The minimum atomic E-state index is -1.42. The van der Waals surface area contributed by atoms with Gasteiger partial charge in [0, 0.05) is 13.0 Å². The van der Waals surface area contributed by atoms with Gasteiger partial charge in [0.1, 0.15) is 17.7 Å². The molecule has 2 aromatic carbocycles. The summed E-state index contributed by atoms with van der Waals surface area (Å²) in [4.78, 5) is 37.9. The highest BCUT2D eigenvalue weighted by molar-refractivity contribution is 5.93. The van der Waals surface area contributed by atoms with Gasteiger partial charge in [-0.3, -0.25) is 4.79 Å². The van der Waals surface area contributed by atoms with Crippen LogP contribution in [0.1, 0.15) is 44.7 Å². The largest absolute Gasteiger partial charge is 0.480 e. The van der Waals surface area contributed by atoms with Crippen molar-refractivity contribution in [2.45, 2.75) is 44.7 Å². The van der Waals surface area contributed by atoms with E-state index in [1.54, 1.807) is 0 Å². The smallest absolute Gasteiger partial charge is 0.408 e. The van der Waals surface area contributed by atoms with Gasteiger partial charge in [0.05, 0.1) is 0 Å². The Bertz CT molecular complexity index is 983. The second-order valence-corrected chi connectivity index (χ2v) is 8.80. The maximum absolute atomic E-state index is 12.8. The Morgan fingerprint density at radius 3 is 1.94 bits per heavy atom. The molecule has 3 rings (SSSR count). The van der Waals surface area contributed by atoms with Crippen LogP contribution < -0.4 is 5.32 Å². The summed E-state index contributed by atoms with van der Waals surface area (Å²) in [6, 6.07) is 16.0. The molecule has 0 fully saturated rings. The van der Waals surface area contributed by atoms with Gasteiger partial charge in [-0.15, -0.1) is 0 Å². The number of carbonyl (C=O) groups is 3. The number of hydrogen-bond donors (Lipinski definition) is 2. The summed E-state index contributed by atoms with van der Waals surface area (Å²) < 4.78 is 5.50. The molecule has 2 aromatic rings. The van der Waals surface area contributed by atoms with Crippen molar-refractivity contribution >= 4 is 18.0 Å². The molecule has 0 unspecified atom stereocenters. The third-order valence-electron chi connectivity index (χ3n) is 5.96.